The molecule has 0 bridgehead atoms. The van der Waals surface area contributed by atoms with Gasteiger partial charge in [0.25, 0.3) is 0 Å². The molecule has 1 aromatic carbocycles. The maximum atomic E-state index is 12.8. The van der Waals surface area contributed by atoms with E-state index in [4.69, 9.17) is 68.0 Å². The number of aliphatic hydroxyl groups excluding tert-OH is 1. The molecule has 0 spiro atoms. The summed E-state index contributed by atoms with van der Waals surface area (Å²) in [6.07, 6.45) is -3.09. The van der Waals surface area contributed by atoms with Gasteiger partial charge in [0.15, 0.2) is 34.6 Å². The number of allylic oxidation sites excluding steroid dienone is 2. The first-order valence-electron chi connectivity index (χ1n) is 27.4. The Morgan fingerprint density at radius 1 is 0.631 bits per heavy atom. The number of aliphatic hydroxyl groups is 5. The fourth-order valence-corrected chi connectivity index (χ4v) is 12.8. The molecule has 14 atom stereocenters. The predicted octanol–water partition coefficient (Wildman–Crippen LogP) is 6.87. The Morgan fingerprint density at radius 3 is 1.42 bits per heavy atom. The van der Waals surface area contributed by atoms with Crippen LogP contribution in [-0.2, 0) is 76.3 Å². The summed E-state index contributed by atoms with van der Waals surface area (Å²) in [5.41, 5.74) is -9.82. The van der Waals surface area contributed by atoms with Crippen LogP contribution in [0.4, 0.5) is 0 Å². The van der Waals surface area contributed by atoms with Crippen molar-refractivity contribution >= 4 is 88.5 Å². The summed E-state index contributed by atoms with van der Waals surface area (Å²) in [4.78, 5) is 110. The van der Waals surface area contributed by atoms with E-state index in [1.54, 1.807) is 68.4 Å². The second kappa shape index (κ2) is 26.1. The number of rotatable bonds is 12. The summed E-state index contributed by atoms with van der Waals surface area (Å²) in [6.45, 7) is 21.3. The van der Waals surface area contributed by atoms with Crippen LogP contribution in [-0.4, -0.2) is 149 Å². The van der Waals surface area contributed by atoms with Gasteiger partial charge in [0.1, 0.15) is 29.5 Å². The Bertz CT molecular complexity index is 2950. The SMILES string of the molecule is C/C=C(/C)C(=O)OC(=O)c1c(Cl)cc(Cl)cc1Cl.C/C=C(/C)C(=O)O[C@@H]1C[C@H]2C(=C1C)[C@@H]1OC(=O)[C@@](C)(O)[C@@]1(O)[C@@H](OC(=O)CCC)C[C@]2(C)OC(C)=O.CCCC(=O)O[C@H]1C[C@](C)(OC(C)=O)[C@H]2C[C@@H](O)C(C)=C2[C@@H]2OC(=O)[C@@](C)(O)[C@@]12O. The fourth-order valence-electron chi connectivity index (χ4n) is 11.8. The molecule has 84 heavy (non-hydrogen) atoms. The molecule has 0 amide bonds. The molecular weight excluding hydrogens is 1170 g/mol. The molecule has 6 aliphatic rings. The molecule has 7 rings (SSSR count). The van der Waals surface area contributed by atoms with Gasteiger partial charge in [-0.3, -0.25) is 19.2 Å². The van der Waals surface area contributed by atoms with Crippen molar-refractivity contribution in [1.82, 2.24) is 0 Å². The summed E-state index contributed by atoms with van der Waals surface area (Å²) >= 11 is 17.4. The van der Waals surface area contributed by atoms with Crippen molar-refractivity contribution in [3.63, 3.8) is 0 Å². The normalized spacial score (nSPS) is 34.0. The number of halogens is 3. The highest BCUT2D eigenvalue weighted by Gasteiger charge is 2.76. The zero-order valence-electron chi connectivity index (χ0n) is 49.4. The van der Waals surface area contributed by atoms with Crippen LogP contribution in [0.15, 0.2) is 57.7 Å². The smallest absolute Gasteiger partial charge is 0.349 e. The van der Waals surface area contributed by atoms with Gasteiger partial charge in [0.05, 0.1) is 21.7 Å². The van der Waals surface area contributed by atoms with Crippen LogP contribution >= 0.6 is 34.8 Å². The van der Waals surface area contributed by atoms with Crippen molar-refractivity contribution < 1.29 is 107 Å². The molecule has 2 saturated heterocycles. The molecule has 25 heteroatoms. The minimum absolute atomic E-state index is 0.0310. The van der Waals surface area contributed by atoms with Gasteiger partial charge in [0, 0.05) is 67.5 Å². The number of esters is 9. The van der Waals surface area contributed by atoms with Crippen LogP contribution in [0.2, 0.25) is 15.1 Å². The van der Waals surface area contributed by atoms with Crippen LogP contribution in [0, 0.1) is 11.8 Å². The van der Waals surface area contributed by atoms with Crippen LogP contribution < -0.4 is 0 Å². The largest absolute Gasteiger partial charge is 0.459 e. The lowest BCUT2D eigenvalue weighted by atomic mass is 9.75. The van der Waals surface area contributed by atoms with Crippen molar-refractivity contribution in [3.8, 4) is 0 Å². The van der Waals surface area contributed by atoms with Crippen molar-refractivity contribution in [1.29, 1.82) is 0 Å². The lowest BCUT2D eigenvalue weighted by molar-refractivity contribution is -0.210. The van der Waals surface area contributed by atoms with E-state index in [0.717, 1.165) is 13.8 Å². The molecule has 2 saturated carbocycles. The Hall–Kier alpha value is -5.72. The fraction of sp³-hybridized carbons (Fsp3) is 0.610. The molecule has 1 aromatic rings. The van der Waals surface area contributed by atoms with E-state index in [2.05, 4.69) is 4.74 Å². The van der Waals surface area contributed by atoms with Gasteiger partial charge >= 0.3 is 53.7 Å². The summed E-state index contributed by atoms with van der Waals surface area (Å²) in [5, 5.41) is 56.8. The van der Waals surface area contributed by atoms with E-state index in [-0.39, 0.29) is 59.2 Å². The maximum absolute atomic E-state index is 12.8. The Labute approximate surface area is 501 Å². The number of carbonyl (C=O) groups is 9. The summed E-state index contributed by atoms with van der Waals surface area (Å²) in [7, 11) is 0. The minimum atomic E-state index is -2.44. The molecule has 2 aliphatic heterocycles. The zero-order valence-corrected chi connectivity index (χ0v) is 51.7. The quantitative estimate of drug-likeness (QED) is 0.0468. The number of hydrogen-bond acceptors (Lipinski definition) is 22. The minimum Gasteiger partial charge on any atom is -0.459 e. The molecule has 0 aromatic heterocycles. The molecule has 2 heterocycles. The lowest BCUT2D eigenvalue weighted by Crippen LogP contribution is -2.64. The summed E-state index contributed by atoms with van der Waals surface area (Å²) in [5.74, 6) is -8.05. The van der Waals surface area contributed by atoms with Crippen LogP contribution in [0.5, 0.6) is 0 Å². The van der Waals surface area contributed by atoms with E-state index >= 15 is 0 Å². The number of benzene rings is 1. The van der Waals surface area contributed by atoms with Crippen LogP contribution in [0.3, 0.4) is 0 Å². The number of ether oxygens (including phenoxy) is 8. The Morgan fingerprint density at radius 2 is 1.02 bits per heavy atom. The predicted molar refractivity (Wildman–Crippen MR) is 298 cm³/mol. The van der Waals surface area contributed by atoms with Crippen LogP contribution in [0.1, 0.15) is 159 Å². The average molecular weight is 1240 g/mol. The van der Waals surface area contributed by atoms with E-state index in [0.29, 0.717) is 46.3 Å². The first-order valence-corrected chi connectivity index (χ1v) is 28.5. The number of fused-ring (bicyclic) bond motifs is 6. The molecule has 5 N–H and O–H groups in total. The lowest BCUT2D eigenvalue weighted by Gasteiger charge is -2.41. The number of hydrogen-bond donors (Lipinski definition) is 5. The van der Waals surface area contributed by atoms with Gasteiger partial charge in [-0.1, -0.05) is 60.8 Å². The zero-order chi connectivity index (χ0) is 63.7. The third kappa shape index (κ3) is 13.0. The maximum Gasteiger partial charge on any atom is 0.349 e. The highest BCUT2D eigenvalue weighted by molar-refractivity contribution is 6.42. The first-order chi connectivity index (χ1) is 38.8. The third-order valence-corrected chi connectivity index (χ3v) is 17.5. The molecule has 4 aliphatic carbocycles. The molecule has 464 valence electrons. The summed E-state index contributed by atoms with van der Waals surface area (Å²) < 4.78 is 43.9. The van der Waals surface area contributed by atoms with Gasteiger partial charge in [-0.25, -0.2) is 24.0 Å². The average Bonchev–Trinajstić information content (AvgIpc) is 1.55. The van der Waals surface area contributed by atoms with E-state index in [1.165, 1.54) is 39.0 Å². The van der Waals surface area contributed by atoms with Gasteiger partial charge < -0.3 is 63.4 Å². The Balaban J connectivity index is 0.000000243. The topological polar surface area (TPSA) is 329 Å². The Kier molecular flexibility index (Phi) is 21.4. The van der Waals surface area contributed by atoms with Gasteiger partial charge in [-0.15, -0.1) is 0 Å². The number of carbonyl (C=O) groups excluding carboxylic acids is 9. The molecule has 0 radical (unpaired) electrons. The van der Waals surface area contributed by atoms with Crippen molar-refractivity contribution in [3.05, 3.63) is 78.4 Å². The first kappa shape index (κ1) is 69.1. The standard InChI is InChI=1S/C26H36O10.C21H30O9.C12H9Cl3O3/c1-8-10-19(28)34-18-12-24(6,36-15(5)27)16-11-17(33-22(29)13(3)9-2)14(4)20(16)21-26(18,32)25(7,31)23(30)35-21;1-6-7-15(24)28-14-9-19(4,30-11(3)22)12-8-13(23)10(2)16(12)17-21(14,27)20(5,26)18(25)29-17;1-3-6(2)11(16)18-12(17)10-8(14)4-7(13)5-9(10)15/h9,16-18,21,31-32H,8,10-12H2,1-7H3;12-14,17,23,26-27H,6-9H2,1-5H3;3-5H,1-2H3/b13-9-;;6-3-/t16-,17+,18-,21-,24-,25+,26+;12-,13+,14-,17-,19-,20+,21+;/m00./s1. The van der Waals surface area contributed by atoms with Gasteiger partial charge in [0.2, 0.25) is 0 Å². The molecule has 0 unspecified atom stereocenters. The summed E-state index contributed by atoms with van der Waals surface area (Å²) in [6, 6.07) is 2.69. The van der Waals surface area contributed by atoms with E-state index < -0.39 is 136 Å². The molecule has 22 nitrogen and oxygen atoms in total. The van der Waals surface area contributed by atoms with Gasteiger partial charge in [-0.2, -0.15) is 0 Å². The second-order valence-electron chi connectivity index (χ2n) is 22.7. The van der Waals surface area contributed by atoms with Crippen molar-refractivity contribution in [2.45, 2.75) is 219 Å². The highest BCUT2D eigenvalue weighted by Crippen LogP contribution is 2.58. The van der Waals surface area contributed by atoms with E-state index in [9.17, 15) is 68.7 Å². The van der Waals surface area contributed by atoms with Crippen LogP contribution in [0.25, 0.3) is 0 Å². The third-order valence-electron chi connectivity index (χ3n) is 16.7. The second-order valence-corrected chi connectivity index (χ2v) is 23.9. The van der Waals surface area contributed by atoms with E-state index in [1.807, 2.05) is 0 Å². The van der Waals surface area contributed by atoms with Crippen molar-refractivity contribution in [2.24, 2.45) is 11.8 Å². The molecular formula is C59H75Cl3O22. The molecule has 4 fully saturated rings. The van der Waals surface area contributed by atoms with Crippen molar-refractivity contribution in [2.75, 3.05) is 0 Å². The van der Waals surface area contributed by atoms with Gasteiger partial charge in [-0.05, 0) is 129 Å². The monoisotopic (exact) mass is 1240 g/mol. The highest BCUT2D eigenvalue weighted by atomic mass is 35.5.